The highest BCUT2D eigenvalue weighted by atomic mass is 16.3. The van der Waals surface area contributed by atoms with Gasteiger partial charge in [0.25, 0.3) is 11.8 Å². The molecule has 1 N–H and O–H groups in total. The minimum atomic E-state index is -0.249. The predicted molar refractivity (Wildman–Crippen MR) is 83.2 cm³/mol. The summed E-state index contributed by atoms with van der Waals surface area (Å²) < 4.78 is 0. The van der Waals surface area contributed by atoms with Crippen molar-refractivity contribution in [2.45, 2.75) is 6.61 Å². The van der Waals surface area contributed by atoms with Gasteiger partial charge in [-0.15, -0.1) is 0 Å². The first-order valence-electron chi connectivity index (χ1n) is 7.02. The Balaban J connectivity index is 1.71. The van der Waals surface area contributed by atoms with E-state index in [-0.39, 0.29) is 25.0 Å². The van der Waals surface area contributed by atoms with Crippen LogP contribution < -0.4 is 0 Å². The molecule has 0 saturated heterocycles. The molecule has 4 heteroatoms. The number of carbonyl (C=O) groups is 2. The molecule has 0 fully saturated rings. The molecule has 1 aliphatic rings. The third-order valence-corrected chi connectivity index (χ3v) is 3.64. The van der Waals surface area contributed by atoms with Crippen molar-refractivity contribution in [3.05, 3.63) is 76.9 Å². The van der Waals surface area contributed by atoms with E-state index in [9.17, 15) is 9.59 Å². The minimum Gasteiger partial charge on any atom is -0.392 e. The number of carbonyl (C=O) groups excluding carboxylic acids is 2. The third-order valence-electron chi connectivity index (χ3n) is 3.64. The van der Waals surface area contributed by atoms with Crippen molar-refractivity contribution < 1.29 is 14.7 Å². The molecule has 4 nitrogen and oxygen atoms in total. The molecule has 0 bridgehead atoms. The van der Waals surface area contributed by atoms with Crippen LogP contribution in [0.2, 0.25) is 0 Å². The lowest BCUT2D eigenvalue weighted by Crippen LogP contribution is -2.29. The number of nitrogens with zero attached hydrogens (tertiary/aromatic N) is 1. The molecule has 2 aromatic carbocycles. The molecule has 0 spiro atoms. The van der Waals surface area contributed by atoms with Gasteiger partial charge >= 0.3 is 0 Å². The van der Waals surface area contributed by atoms with Crippen molar-refractivity contribution >= 4 is 17.9 Å². The van der Waals surface area contributed by atoms with Crippen LogP contribution in [0.5, 0.6) is 0 Å². The zero-order valence-electron chi connectivity index (χ0n) is 11.9. The smallest absolute Gasteiger partial charge is 0.261 e. The van der Waals surface area contributed by atoms with Gasteiger partial charge in [-0.2, -0.15) is 0 Å². The van der Waals surface area contributed by atoms with Crippen LogP contribution in [0.25, 0.3) is 6.08 Å². The summed E-state index contributed by atoms with van der Waals surface area (Å²) in [6.45, 7) is 0.257. The fourth-order valence-corrected chi connectivity index (χ4v) is 2.43. The van der Waals surface area contributed by atoms with Crippen molar-refractivity contribution in [1.29, 1.82) is 0 Å². The monoisotopic (exact) mass is 293 g/mol. The minimum absolute atomic E-state index is 0.0129. The fraction of sp³-hybridized carbons (Fsp3) is 0.111. The van der Waals surface area contributed by atoms with Gasteiger partial charge in [-0.25, -0.2) is 0 Å². The van der Waals surface area contributed by atoms with Gasteiger partial charge in [-0.1, -0.05) is 48.6 Å². The Morgan fingerprint density at radius 1 is 0.909 bits per heavy atom. The lowest BCUT2D eigenvalue weighted by molar-refractivity contribution is 0.0672. The van der Waals surface area contributed by atoms with Gasteiger partial charge in [-0.3, -0.25) is 14.5 Å². The van der Waals surface area contributed by atoms with Gasteiger partial charge in [0.1, 0.15) is 0 Å². The Morgan fingerprint density at radius 3 is 2.05 bits per heavy atom. The van der Waals surface area contributed by atoms with E-state index >= 15 is 0 Å². The molecule has 2 aromatic rings. The molecule has 2 amide bonds. The van der Waals surface area contributed by atoms with E-state index in [1.54, 1.807) is 30.3 Å². The maximum atomic E-state index is 12.2. The number of hydrogen-bond donors (Lipinski definition) is 1. The fourth-order valence-electron chi connectivity index (χ4n) is 2.43. The summed E-state index contributed by atoms with van der Waals surface area (Å²) in [6.07, 6.45) is 3.64. The second-order valence-corrected chi connectivity index (χ2v) is 5.07. The quantitative estimate of drug-likeness (QED) is 0.881. The molecule has 0 saturated carbocycles. The standard InChI is InChI=1S/C18H15NO3/c20-12-14-9-7-13(8-10-14)4-3-11-19-17(21)15-5-1-2-6-16(15)18(19)22/h1-10,20H,11-12H2. The van der Waals surface area contributed by atoms with E-state index < -0.39 is 0 Å². The highest BCUT2D eigenvalue weighted by molar-refractivity contribution is 6.21. The van der Waals surface area contributed by atoms with Gasteiger partial charge < -0.3 is 5.11 Å². The first kappa shape index (κ1) is 14.2. The van der Waals surface area contributed by atoms with Crippen molar-refractivity contribution in [2.75, 3.05) is 6.54 Å². The Bertz CT molecular complexity index is 712. The number of aliphatic hydroxyl groups excluding tert-OH is 1. The van der Waals surface area contributed by atoms with Gasteiger partial charge in [-0.05, 0) is 23.3 Å². The molecule has 0 aromatic heterocycles. The Hall–Kier alpha value is -2.72. The third kappa shape index (κ3) is 2.56. The van der Waals surface area contributed by atoms with Gasteiger partial charge in [0.05, 0.1) is 17.7 Å². The highest BCUT2D eigenvalue weighted by Crippen LogP contribution is 2.22. The van der Waals surface area contributed by atoms with Crippen molar-refractivity contribution in [3.8, 4) is 0 Å². The summed E-state index contributed by atoms with van der Waals surface area (Å²) in [5.74, 6) is -0.498. The average molecular weight is 293 g/mol. The summed E-state index contributed by atoms with van der Waals surface area (Å²) in [6, 6.07) is 14.3. The van der Waals surface area contributed by atoms with Gasteiger partial charge in [0.2, 0.25) is 0 Å². The Kier molecular flexibility index (Phi) is 3.85. The largest absolute Gasteiger partial charge is 0.392 e. The Morgan fingerprint density at radius 2 is 1.50 bits per heavy atom. The second-order valence-electron chi connectivity index (χ2n) is 5.07. The molecule has 110 valence electrons. The number of imide groups is 1. The lowest BCUT2D eigenvalue weighted by atomic mass is 10.1. The van der Waals surface area contributed by atoms with Crippen LogP contribution in [0.3, 0.4) is 0 Å². The first-order chi connectivity index (χ1) is 10.7. The zero-order valence-corrected chi connectivity index (χ0v) is 11.9. The van der Waals surface area contributed by atoms with E-state index in [1.165, 1.54) is 4.90 Å². The summed E-state index contributed by atoms with van der Waals surface area (Å²) in [5.41, 5.74) is 2.73. The molecule has 0 atom stereocenters. The van der Waals surface area contributed by atoms with Crippen LogP contribution in [0, 0.1) is 0 Å². The normalized spacial score (nSPS) is 14.0. The molecular weight excluding hydrogens is 278 g/mol. The van der Waals surface area contributed by atoms with E-state index in [2.05, 4.69) is 0 Å². The first-order valence-corrected chi connectivity index (χ1v) is 7.02. The lowest BCUT2D eigenvalue weighted by Gasteiger charge is -2.10. The van der Waals surface area contributed by atoms with E-state index in [1.807, 2.05) is 30.3 Å². The predicted octanol–water partition coefficient (Wildman–Crippen LogP) is 2.49. The van der Waals surface area contributed by atoms with Crippen molar-refractivity contribution in [3.63, 3.8) is 0 Å². The van der Waals surface area contributed by atoms with Crippen LogP contribution >= 0.6 is 0 Å². The maximum absolute atomic E-state index is 12.2. The number of aliphatic hydroxyl groups is 1. The number of fused-ring (bicyclic) bond motifs is 1. The van der Waals surface area contributed by atoms with E-state index in [4.69, 9.17) is 5.11 Å². The van der Waals surface area contributed by atoms with E-state index in [0.717, 1.165) is 11.1 Å². The average Bonchev–Trinajstić information content (AvgIpc) is 2.81. The van der Waals surface area contributed by atoms with Crippen LogP contribution in [0.1, 0.15) is 31.8 Å². The number of hydrogen-bond acceptors (Lipinski definition) is 3. The molecule has 1 heterocycles. The van der Waals surface area contributed by atoms with Crippen molar-refractivity contribution in [2.24, 2.45) is 0 Å². The maximum Gasteiger partial charge on any atom is 0.261 e. The molecule has 0 aliphatic carbocycles. The van der Waals surface area contributed by atoms with Crippen LogP contribution in [0.4, 0.5) is 0 Å². The zero-order chi connectivity index (χ0) is 15.5. The molecule has 0 unspecified atom stereocenters. The Labute approximate surface area is 128 Å². The summed E-state index contributed by atoms with van der Waals surface area (Å²) in [5, 5.41) is 8.99. The van der Waals surface area contributed by atoms with Crippen LogP contribution in [0.15, 0.2) is 54.6 Å². The summed E-state index contributed by atoms with van der Waals surface area (Å²) >= 11 is 0. The number of benzene rings is 2. The molecule has 0 radical (unpaired) electrons. The topological polar surface area (TPSA) is 57.6 Å². The van der Waals surface area contributed by atoms with E-state index in [0.29, 0.717) is 11.1 Å². The summed E-state index contributed by atoms with van der Waals surface area (Å²) in [7, 11) is 0. The van der Waals surface area contributed by atoms with Gasteiger partial charge in [0, 0.05) is 6.54 Å². The van der Waals surface area contributed by atoms with Gasteiger partial charge in [0.15, 0.2) is 0 Å². The molecule has 1 aliphatic heterocycles. The van der Waals surface area contributed by atoms with Crippen LogP contribution in [-0.4, -0.2) is 28.4 Å². The molecule has 22 heavy (non-hydrogen) atoms. The second kappa shape index (κ2) is 5.95. The van der Waals surface area contributed by atoms with Crippen LogP contribution in [-0.2, 0) is 6.61 Å². The SMILES string of the molecule is O=C1c2ccccc2C(=O)N1CC=Cc1ccc(CO)cc1. The highest BCUT2D eigenvalue weighted by Gasteiger charge is 2.33. The van der Waals surface area contributed by atoms with Crippen molar-refractivity contribution in [1.82, 2.24) is 4.90 Å². The number of rotatable bonds is 4. The molecule has 3 rings (SSSR count). The number of amides is 2. The molecular formula is C18H15NO3. The summed E-state index contributed by atoms with van der Waals surface area (Å²) in [4.78, 5) is 25.6.